The molecule has 0 fully saturated rings. The number of carbonyl (C=O) groups excluding carboxylic acids is 1. The van der Waals surface area contributed by atoms with Crippen LogP contribution in [-0.2, 0) is 9.53 Å². The van der Waals surface area contributed by atoms with Gasteiger partial charge in [0.2, 0.25) is 0 Å². The van der Waals surface area contributed by atoms with Gasteiger partial charge < -0.3 is 4.74 Å². The Hall–Kier alpha value is -1.57. The molecule has 0 heterocycles. The molecule has 0 saturated carbocycles. The van der Waals surface area contributed by atoms with E-state index in [0.717, 1.165) is 6.42 Å². The lowest BCUT2D eigenvalue weighted by molar-refractivity contribution is -0.140. The molecule has 0 aromatic heterocycles. The zero-order valence-corrected chi connectivity index (χ0v) is 10.1. The highest BCUT2D eigenvalue weighted by atomic mass is 16.5. The molecule has 2 heteroatoms. The van der Waals surface area contributed by atoms with E-state index in [-0.39, 0.29) is 5.97 Å². The Morgan fingerprint density at radius 2 is 1.88 bits per heavy atom. The Bertz CT molecular complexity index is 374. The van der Waals surface area contributed by atoms with Crippen molar-refractivity contribution >= 4 is 12.0 Å². The summed E-state index contributed by atoms with van der Waals surface area (Å²) >= 11 is 0. The van der Waals surface area contributed by atoms with Crippen LogP contribution in [0.3, 0.4) is 0 Å². The van der Waals surface area contributed by atoms with Crippen molar-refractivity contribution in [1.29, 1.82) is 0 Å². The fraction of sp³-hybridized carbons (Fsp3) is 0.357. The summed E-state index contributed by atoms with van der Waals surface area (Å²) in [7, 11) is 1.42. The Labute approximate surface area is 96.9 Å². The molecule has 1 aromatic carbocycles. The minimum Gasteiger partial charge on any atom is -0.469 e. The van der Waals surface area contributed by atoms with E-state index >= 15 is 0 Å². The van der Waals surface area contributed by atoms with Gasteiger partial charge in [0.25, 0.3) is 0 Å². The molecule has 0 atom stereocenters. The highest BCUT2D eigenvalue weighted by Gasteiger charge is 2.00. The Balaban J connectivity index is 2.56. The summed E-state index contributed by atoms with van der Waals surface area (Å²) in [5, 5.41) is 0. The van der Waals surface area contributed by atoms with Crippen LogP contribution in [0, 0.1) is 6.92 Å². The van der Waals surface area contributed by atoms with Gasteiger partial charge in [-0.15, -0.1) is 0 Å². The van der Waals surface area contributed by atoms with Crippen molar-refractivity contribution in [3.8, 4) is 0 Å². The summed E-state index contributed by atoms with van der Waals surface area (Å²) in [4.78, 5) is 11.0. The molecule has 0 spiro atoms. The van der Waals surface area contributed by atoms with E-state index in [9.17, 15) is 4.79 Å². The third-order valence-electron chi connectivity index (χ3n) is 2.44. The van der Waals surface area contributed by atoms with Crippen LogP contribution < -0.4 is 0 Å². The van der Waals surface area contributed by atoms with Gasteiger partial charge in [-0.1, -0.05) is 41.5 Å². The molecule has 1 aromatic rings. The van der Waals surface area contributed by atoms with Crippen molar-refractivity contribution in [2.45, 2.75) is 26.7 Å². The number of ether oxygens (including phenoxy) is 1. The molecule has 86 valence electrons. The number of methoxy groups -OCH3 is 1. The monoisotopic (exact) mass is 218 g/mol. The smallest absolute Gasteiger partial charge is 0.305 e. The molecule has 0 N–H and O–H groups in total. The molecule has 0 aliphatic rings. The van der Waals surface area contributed by atoms with Crippen LogP contribution in [0.15, 0.2) is 29.8 Å². The fourth-order valence-corrected chi connectivity index (χ4v) is 1.42. The lowest BCUT2D eigenvalue weighted by Crippen LogP contribution is -1.99. The molecule has 0 aliphatic carbocycles. The number of hydrogen-bond donors (Lipinski definition) is 0. The Morgan fingerprint density at radius 3 is 2.44 bits per heavy atom. The third kappa shape index (κ3) is 4.30. The van der Waals surface area contributed by atoms with Gasteiger partial charge in [-0.25, -0.2) is 0 Å². The van der Waals surface area contributed by atoms with Crippen LogP contribution in [-0.4, -0.2) is 13.1 Å². The molecule has 0 unspecified atom stereocenters. The maximum Gasteiger partial charge on any atom is 0.305 e. The van der Waals surface area contributed by atoms with E-state index in [1.807, 2.05) is 6.92 Å². The van der Waals surface area contributed by atoms with E-state index < -0.39 is 0 Å². The summed E-state index contributed by atoms with van der Waals surface area (Å²) in [6.45, 7) is 4.10. The zero-order chi connectivity index (χ0) is 12.0. The number of hydrogen-bond acceptors (Lipinski definition) is 2. The number of benzene rings is 1. The SMILES string of the molecule is COC(=O)CC/C(C)=C/c1ccc(C)cc1. The highest BCUT2D eigenvalue weighted by Crippen LogP contribution is 2.12. The van der Waals surface area contributed by atoms with Crippen molar-refractivity contribution in [3.05, 3.63) is 41.0 Å². The first-order valence-corrected chi connectivity index (χ1v) is 5.42. The quantitative estimate of drug-likeness (QED) is 0.724. The van der Waals surface area contributed by atoms with Crippen LogP contribution in [0.1, 0.15) is 30.9 Å². The van der Waals surface area contributed by atoms with Crippen molar-refractivity contribution in [2.24, 2.45) is 0 Å². The Morgan fingerprint density at radius 1 is 1.25 bits per heavy atom. The first-order chi connectivity index (χ1) is 7.61. The normalized spacial score (nSPS) is 11.3. The van der Waals surface area contributed by atoms with Crippen LogP contribution in [0.2, 0.25) is 0 Å². The summed E-state index contributed by atoms with van der Waals surface area (Å²) in [5.74, 6) is -0.156. The number of carbonyl (C=O) groups is 1. The number of esters is 1. The zero-order valence-electron chi connectivity index (χ0n) is 10.1. The van der Waals surface area contributed by atoms with Crippen LogP contribution >= 0.6 is 0 Å². The van der Waals surface area contributed by atoms with Crippen molar-refractivity contribution < 1.29 is 9.53 Å². The number of allylic oxidation sites excluding steroid dienone is 1. The summed E-state index contributed by atoms with van der Waals surface area (Å²) in [6.07, 6.45) is 3.30. The van der Waals surface area contributed by atoms with Crippen LogP contribution in [0.4, 0.5) is 0 Å². The van der Waals surface area contributed by atoms with E-state index in [4.69, 9.17) is 0 Å². The van der Waals surface area contributed by atoms with Gasteiger partial charge in [0, 0.05) is 6.42 Å². The van der Waals surface area contributed by atoms with E-state index in [1.54, 1.807) is 0 Å². The minimum atomic E-state index is -0.156. The average molecular weight is 218 g/mol. The van der Waals surface area contributed by atoms with Gasteiger partial charge in [-0.3, -0.25) is 4.79 Å². The second kappa shape index (κ2) is 6.11. The van der Waals surface area contributed by atoms with Gasteiger partial charge in [0.1, 0.15) is 0 Å². The first-order valence-electron chi connectivity index (χ1n) is 5.42. The minimum absolute atomic E-state index is 0.156. The number of aryl methyl sites for hydroxylation is 1. The second-order valence-electron chi connectivity index (χ2n) is 3.98. The maximum absolute atomic E-state index is 11.0. The molecular weight excluding hydrogens is 200 g/mol. The largest absolute Gasteiger partial charge is 0.469 e. The second-order valence-corrected chi connectivity index (χ2v) is 3.98. The standard InChI is InChI=1S/C14H18O2/c1-11-4-7-13(8-5-11)10-12(2)6-9-14(15)16-3/h4-5,7-8,10H,6,9H2,1-3H3/b12-10+. The first kappa shape index (κ1) is 12.5. The predicted molar refractivity (Wildman–Crippen MR) is 66.1 cm³/mol. The molecule has 0 saturated heterocycles. The molecule has 2 nitrogen and oxygen atoms in total. The highest BCUT2D eigenvalue weighted by molar-refractivity contribution is 5.69. The topological polar surface area (TPSA) is 26.3 Å². The number of rotatable bonds is 4. The molecule has 1 rings (SSSR count). The molecule has 16 heavy (non-hydrogen) atoms. The van der Waals surface area contributed by atoms with Gasteiger partial charge >= 0.3 is 5.97 Å². The van der Waals surface area contributed by atoms with Gasteiger partial charge in [-0.05, 0) is 25.8 Å². The van der Waals surface area contributed by atoms with Crippen LogP contribution in [0.25, 0.3) is 6.08 Å². The van der Waals surface area contributed by atoms with Crippen molar-refractivity contribution in [3.63, 3.8) is 0 Å². The molecular formula is C14H18O2. The van der Waals surface area contributed by atoms with Gasteiger partial charge in [0.15, 0.2) is 0 Å². The van der Waals surface area contributed by atoms with E-state index in [2.05, 4.69) is 42.0 Å². The van der Waals surface area contributed by atoms with Gasteiger partial charge in [-0.2, -0.15) is 0 Å². The predicted octanol–water partition coefficient (Wildman–Crippen LogP) is 3.35. The summed E-state index contributed by atoms with van der Waals surface area (Å²) < 4.78 is 4.60. The third-order valence-corrected chi connectivity index (χ3v) is 2.44. The lowest BCUT2D eigenvalue weighted by atomic mass is 10.1. The molecule has 0 amide bonds. The Kier molecular flexibility index (Phi) is 4.77. The average Bonchev–Trinajstić information content (AvgIpc) is 2.29. The van der Waals surface area contributed by atoms with Crippen molar-refractivity contribution in [1.82, 2.24) is 0 Å². The summed E-state index contributed by atoms with van der Waals surface area (Å²) in [6, 6.07) is 8.33. The molecule has 0 aliphatic heterocycles. The van der Waals surface area contributed by atoms with E-state index in [0.29, 0.717) is 6.42 Å². The fourth-order valence-electron chi connectivity index (χ4n) is 1.42. The van der Waals surface area contributed by atoms with E-state index in [1.165, 1.54) is 23.8 Å². The maximum atomic E-state index is 11.0. The van der Waals surface area contributed by atoms with Crippen molar-refractivity contribution in [2.75, 3.05) is 7.11 Å². The van der Waals surface area contributed by atoms with Gasteiger partial charge in [0.05, 0.1) is 7.11 Å². The molecule has 0 radical (unpaired) electrons. The van der Waals surface area contributed by atoms with Crippen LogP contribution in [0.5, 0.6) is 0 Å². The summed E-state index contributed by atoms with van der Waals surface area (Å²) in [5.41, 5.74) is 3.62. The lowest BCUT2D eigenvalue weighted by Gasteiger charge is -2.01. The molecule has 0 bridgehead atoms.